The first kappa shape index (κ1) is 10.9. The zero-order valence-corrected chi connectivity index (χ0v) is 9.18. The summed E-state index contributed by atoms with van der Waals surface area (Å²) in [5.41, 5.74) is 0.678. The number of benzene rings is 1. The summed E-state index contributed by atoms with van der Waals surface area (Å²) >= 11 is 0. The van der Waals surface area contributed by atoms with Gasteiger partial charge in [0.1, 0.15) is 6.10 Å². The number of hydrogen-bond acceptors (Lipinski definition) is 3. The second-order valence-electron chi connectivity index (χ2n) is 4.20. The molecule has 84 valence electrons. The largest absolute Gasteiger partial charge is 0.462 e. The van der Waals surface area contributed by atoms with Crippen LogP contribution in [0, 0.1) is 5.92 Å². The van der Waals surface area contributed by atoms with Crippen molar-refractivity contribution in [1.29, 1.82) is 0 Å². The van der Waals surface area contributed by atoms with E-state index in [1.807, 2.05) is 25.1 Å². The Morgan fingerprint density at radius 1 is 1.38 bits per heavy atom. The number of carbonyl (C=O) groups excluding carboxylic acids is 2. The SMILES string of the molecule is C[C@H]1CC(=O)O[C@@H]1CC(=O)c1ccccc1. The third-order valence-electron chi connectivity index (χ3n) is 2.89. The molecule has 0 aromatic heterocycles. The number of rotatable bonds is 3. The molecule has 0 bridgehead atoms. The van der Waals surface area contributed by atoms with Gasteiger partial charge in [0.25, 0.3) is 0 Å². The molecule has 1 fully saturated rings. The zero-order valence-electron chi connectivity index (χ0n) is 9.18. The maximum atomic E-state index is 11.9. The summed E-state index contributed by atoms with van der Waals surface area (Å²) < 4.78 is 5.11. The van der Waals surface area contributed by atoms with Gasteiger partial charge in [0.15, 0.2) is 5.78 Å². The van der Waals surface area contributed by atoms with Crippen LogP contribution in [0.1, 0.15) is 30.1 Å². The van der Waals surface area contributed by atoms with Crippen LogP contribution in [0.5, 0.6) is 0 Å². The molecule has 0 aliphatic carbocycles. The summed E-state index contributed by atoms with van der Waals surface area (Å²) in [6.45, 7) is 1.94. The number of esters is 1. The maximum Gasteiger partial charge on any atom is 0.306 e. The summed E-state index contributed by atoms with van der Waals surface area (Å²) in [5, 5.41) is 0. The van der Waals surface area contributed by atoms with Gasteiger partial charge in [-0.05, 0) is 0 Å². The van der Waals surface area contributed by atoms with E-state index in [2.05, 4.69) is 0 Å². The molecule has 0 N–H and O–H groups in total. The fraction of sp³-hybridized carbons (Fsp3) is 0.385. The van der Waals surface area contributed by atoms with E-state index < -0.39 is 0 Å². The van der Waals surface area contributed by atoms with Crippen LogP contribution >= 0.6 is 0 Å². The second-order valence-corrected chi connectivity index (χ2v) is 4.20. The lowest BCUT2D eigenvalue weighted by atomic mass is 9.97. The van der Waals surface area contributed by atoms with Crippen molar-refractivity contribution < 1.29 is 14.3 Å². The van der Waals surface area contributed by atoms with Crippen LogP contribution in [0.2, 0.25) is 0 Å². The Balaban J connectivity index is 2.01. The number of cyclic esters (lactones) is 1. The van der Waals surface area contributed by atoms with Gasteiger partial charge in [0, 0.05) is 17.9 Å². The van der Waals surface area contributed by atoms with E-state index in [9.17, 15) is 9.59 Å². The number of ketones is 1. The number of carbonyl (C=O) groups is 2. The second kappa shape index (κ2) is 4.47. The van der Waals surface area contributed by atoms with Crippen molar-refractivity contribution in [2.45, 2.75) is 25.9 Å². The fourth-order valence-corrected chi connectivity index (χ4v) is 1.89. The molecule has 1 saturated heterocycles. The number of Topliss-reactive ketones (excluding diaryl/α,β-unsaturated/α-hetero) is 1. The molecule has 0 radical (unpaired) electrons. The van der Waals surface area contributed by atoms with Crippen molar-refractivity contribution in [3.05, 3.63) is 35.9 Å². The molecule has 1 aromatic rings. The van der Waals surface area contributed by atoms with Gasteiger partial charge in [-0.25, -0.2) is 0 Å². The van der Waals surface area contributed by atoms with Gasteiger partial charge in [-0.2, -0.15) is 0 Å². The molecule has 1 aliphatic heterocycles. The van der Waals surface area contributed by atoms with Gasteiger partial charge < -0.3 is 4.74 Å². The Hall–Kier alpha value is -1.64. The molecule has 3 nitrogen and oxygen atoms in total. The lowest BCUT2D eigenvalue weighted by Crippen LogP contribution is -2.18. The zero-order chi connectivity index (χ0) is 11.5. The summed E-state index contributed by atoms with van der Waals surface area (Å²) in [6, 6.07) is 9.09. The molecule has 0 amide bonds. The topological polar surface area (TPSA) is 43.4 Å². The third-order valence-corrected chi connectivity index (χ3v) is 2.89. The van der Waals surface area contributed by atoms with Gasteiger partial charge in [0.2, 0.25) is 0 Å². The average Bonchev–Trinajstić information content (AvgIpc) is 2.59. The van der Waals surface area contributed by atoms with Crippen LogP contribution in [0.3, 0.4) is 0 Å². The maximum absolute atomic E-state index is 11.9. The average molecular weight is 218 g/mol. The van der Waals surface area contributed by atoms with Gasteiger partial charge in [0.05, 0.1) is 6.42 Å². The van der Waals surface area contributed by atoms with Crippen molar-refractivity contribution in [3.8, 4) is 0 Å². The Morgan fingerprint density at radius 3 is 2.62 bits per heavy atom. The summed E-state index contributed by atoms with van der Waals surface area (Å²) in [4.78, 5) is 22.9. The number of ether oxygens (including phenoxy) is 1. The monoisotopic (exact) mass is 218 g/mol. The minimum absolute atomic E-state index is 0.0344. The Kier molecular flexibility index (Phi) is 3.04. The quantitative estimate of drug-likeness (QED) is 0.577. The van der Waals surface area contributed by atoms with Crippen LogP contribution in [0.25, 0.3) is 0 Å². The first-order valence-electron chi connectivity index (χ1n) is 5.44. The molecule has 3 heteroatoms. The highest BCUT2D eigenvalue weighted by Crippen LogP contribution is 2.25. The number of hydrogen-bond donors (Lipinski definition) is 0. The van der Waals surface area contributed by atoms with E-state index in [4.69, 9.17) is 4.74 Å². The normalized spacial score (nSPS) is 24.2. The van der Waals surface area contributed by atoms with Crippen LogP contribution in [-0.4, -0.2) is 17.9 Å². The molecule has 1 heterocycles. The van der Waals surface area contributed by atoms with E-state index in [1.165, 1.54) is 0 Å². The Morgan fingerprint density at radius 2 is 2.06 bits per heavy atom. The molecule has 2 rings (SSSR count). The van der Waals surface area contributed by atoms with E-state index in [-0.39, 0.29) is 30.2 Å². The minimum atomic E-state index is -0.250. The van der Waals surface area contributed by atoms with E-state index >= 15 is 0 Å². The van der Waals surface area contributed by atoms with Crippen LogP contribution in [-0.2, 0) is 9.53 Å². The van der Waals surface area contributed by atoms with E-state index in [0.717, 1.165) is 0 Å². The summed E-state index contributed by atoms with van der Waals surface area (Å²) in [6.07, 6.45) is 0.462. The van der Waals surface area contributed by atoms with Crippen LogP contribution < -0.4 is 0 Å². The smallest absolute Gasteiger partial charge is 0.306 e. The Bertz CT molecular complexity index is 397. The molecule has 0 saturated carbocycles. The molecule has 2 atom stereocenters. The first-order valence-corrected chi connectivity index (χ1v) is 5.44. The first-order chi connectivity index (χ1) is 7.66. The van der Waals surface area contributed by atoms with Crippen molar-refractivity contribution in [2.75, 3.05) is 0 Å². The highest BCUT2D eigenvalue weighted by atomic mass is 16.5. The van der Waals surface area contributed by atoms with Crippen molar-refractivity contribution in [3.63, 3.8) is 0 Å². The summed E-state index contributed by atoms with van der Waals surface area (Å²) in [5.74, 6) is -0.0225. The Labute approximate surface area is 94.4 Å². The van der Waals surface area contributed by atoms with Crippen LogP contribution in [0.15, 0.2) is 30.3 Å². The van der Waals surface area contributed by atoms with Gasteiger partial charge in [-0.3, -0.25) is 9.59 Å². The lowest BCUT2D eigenvalue weighted by molar-refractivity contribution is -0.141. The van der Waals surface area contributed by atoms with Gasteiger partial charge in [-0.15, -0.1) is 0 Å². The van der Waals surface area contributed by atoms with Gasteiger partial charge >= 0.3 is 5.97 Å². The lowest BCUT2D eigenvalue weighted by Gasteiger charge is -2.12. The fourth-order valence-electron chi connectivity index (χ4n) is 1.89. The van der Waals surface area contributed by atoms with E-state index in [0.29, 0.717) is 12.0 Å². The van der Waals surface area contributed by atoms with Crippen LogP contribution in [0.4, 0.5) is 0 Å². The summed E-state index contributed by atoms with van der Waals surface area (Å²) in [7, 11) is 0. The minimum Gasteiger partial charge on any atom is -0.462 e. The highest BCUT2D eigenvalue weighted by molar-refractivity contribution is 5.96. The molecular formula is C13H14O3. The van der Waals surface area contributed by atoms with Crippen molar-refractivity contribution in [1.82, 2.24) is 0 Å². The van der Waals surface area contributed by atoms with Gasteiger partial charge in [-0.1, -0.05) is 37.3 Å². The molecule has 0 unspecified atom stereocenters. The van der Waals surface area contributed by atoms with Crippen molar-refractivity contribution >= 4 is 11.8 Å². The molecule has 0 spiro atoms. The predicted molar refractivity (Wildman–Crippen MR) is 59.1 cm³/mol. The third kappa shape index (κ3) is 2.30. The molecule has 1 aliphatic rings. The highest BCUT2D eigenvalue weighted by Gasteiger charge is 2.32. The molecular weight excluding hydrogens is 204 g/mol. The molecule has 16 heavy (non-hydrogen) atoms. The van der Waals surface area contributed by atoms with Crippen molar-refractivity contribution in [2.24, 2.45) is 5.92 Å². The predicted octanol–water partition coefficient (Wildman–Crippen LogP) is 2.21. The molecule has 1 aromatic carbocycles. The van der Waals surface area contributed by atoms with E-state index in [1.54, 1.807) is 12.1 Å². The standard InChI is InChI=1S/C13H14O3/c1-9-7-13(15)16-12(9)8-11(14)10-5-3-2-4-6-10/h2-6,9,12H,7-8H2,1H3/t9-,12+/m0/s1.